The Morgan fingerprint density at radius 1 is 1.53 bits per heavy atom. The van der Waals surface area contributed by atoms with Crippen molar-refractivity contribution in [2.75, 3.05) is 12.3 Å². The van der Waals surface area contributed by atoms with E-state index in [0.29, 0.717) is 16.1 Å². The highest BCUT2D eigenvalue weighted by Gasteiger charge is 2.17. The molecule has 1 aromatic heterocycles. The van der Waals surface area contributed by atoms with Gasteiger partial charge in [-0.25, -0.2) is 0 Å². The van der Waals surface area contributed by atoms with Crippen LogP contribution in [-0.4, -0.2) is 28.0 Å². The van der Waals surface area contributed by atoms with Gasteiger partial charge in [-0.2, -0.15) is 0 Å². The van der Waals surface area contributed by atoms with E-state index in [9.17, 15) is 4.79 Å². The van der Waals surface area contributed by atoms with Crippen molar-refractivity contribution in [2.45, 2.75) is 42.7 Å². The first kappa shape index (κ1) is 14.2. The van der Waals surface area contributed by atoms with Gasteiger partial charge < -0.3 is 10.5 Å². The Morgan fingerprint density at radius 3 is 2.88 bits per heavy atom. The summed E-state index contributed by atoms with van der Waals surface area (Å²) in [5, 5.41) is 7.67. The monoisotopic (exact) mass is 275 g/mol. The SMILES string of the molecule is CCCCCOC(=O)C(C)Sc1nnc(N)s1. The Hall–Kier alpha value is -0.820. The van der Waals surface area contributed by atoms with E-state index in [0.717, 1.165) is 19.3 Å². The van der Waals surface area contributed by atoms with Gasteiger partial charge >= 0.3 is 5.97 Å². The van der Waals surface area contributed by atoms with E-state index in [1.807, 2.05) is 0 Å². The summed E-state index contributed by atoms with van der Waals surface area (Å²) in [5.41, 5.74) is 5.46. The molecule has 0 radical (unpaired) electrons. The van der Waals surface area contributed by atoms with E-state index in [4.69, 9.17) is 10.5 Å². The Bertz CT molecular complexity index is 357. The number of carbonyl (C=O) groups excluding carboxylic acids is 1. The molecule has 0 aliphatic carbocycles. The number of ether oxygens (including phenoxy) is 1. The maximum Gasteiger partial charge on any atom is 0.319 e. The van der Waals surface area contributed by atoms with E-state index in [2.05, 4.69) is 17.1 Å². The van der Waals surface area contributed by atoms with Crippen LogP contribution in [0.3, 0.4) is 0 Å². The van der Waals surface area contributed by atoms with Crippen LogP contribution in [0.25, 0.3) is 0 Å². The molecule has 0 saturated carbocycles. The van der Waals surface area contributed by atoms with Crippen molar-refractivity contribution >= 4 is 34.2 Å². The summed E-state index contributed by atoms with van der Waals surface area (Å²) in [6.45, 7) is 4.40. The van der Waals surface area contributed by atoms with Crippen molar-refractivity contribution in [1.29, 1.82) is 0 Å². The molecule has 2 N–H and O–H groups in total. The summed E-state index contributed by atoms with van der Waals surface area (Å²) >= 11 is 2.60. The average molecular weight is 275 g/mol. The van der Waals surface area contributed by atoms with Gasteiger partial charge in [-0.1, -0.05) is 42.9 Å². The van der Waals surface area contributed by atoms with E-state index in [1.165, 1.54) is 23.1 Å². The molecule has 0 amide bonds. The van der Waals surface area contributed by atoms with Crippen LogP contribution in [-0.2, 0) is 9.53 Å². The third kappa shape index (κ3) is 5.36. The lowest BCUT2D eigenvalue weighted by atomic mass is 10.3. The number of aromatic nitrogens is 2. The highest BCUT2D eigenvalue weighted by Crippen LogP contribution is 2.27. The zero-order chi connectivity index (χ0) is 12.7. The third-order valence-electron chi connectivity index (χ3n) is 2.02. The van der Waals surface area contributed by atoms with Crippen LogP contribution in [0.4, 0.5) is 5.13 Å². The molecule has 0 bridgehead atoms. The number of nitrogens with two attached hydrogens (primary N) is 1. The number of thioether (sulfide) groups is 1. The van der Waals surface area contributed by atoms with Gasteiger partial charge in [0.25, 0.3) is 0 Å². The van der Waals surface area contributed by atoms with Crippen molar-refractivity contribution in [3.63, 3.8) is 0 Å². The maximum absolute atomic E-state index is 11.6. The van der Waals surface area contributed by atoms with Crippen LogP contribution < -0.4 is 5.73 Å². The minimum atomic E-state index is -0.274. The van der Waals surface area contributed by atoms with Crippen molar-refractivity contribution in [1.82, 2.24) is 10.2 Å². The van der Waals surface area contributed by atoms with Crippen LogP contribution in [0.5, 0.6) is 0 Å². The fraction of sp³-hybridized carbons (Fsp3) is 0.700. The fourth-order valence-corrected chi connectivity index (χ4v) is 2.89. The summed E-state index contributed by atoms with van der Waals surface area (Å²) < 4.78 is 5.85. The van der Waals surface area contributed by atoms with Crippen LogP contribution in [0, 0.1) is 0 Å². The number of nitrogen functional groups attached to an aromatic ring is 1. The van der Waals surface area contributed by atoms with Crippen molar-refractivity contribution in [2.24, 2.45) is 0 Å². The van der Waals surface area contributed by atoms with Crippen molar-refractivity contribution < 1.29 is 9.53 Å². The molecule has 0 fully saturated rings. The number of hydrogen-bond donors (Lipinski definition) is 1. The van der Waals surface area contributed by atoms with Gasteiger partial charge in [-0.05, 0) is 13.3 Å². The zero-order valence-electron chi connectivity index (χ0n) is 10.0. The largest absolute Gasteiger partial charge is 0.465 e. The van der Waals surface area contributed by atoms with E-state index in [-0.39, 0.29) is 11.2 Å². The molecule has 7 heteroatoms. The molecule has 0 aliphatic heterocycles. The molecule has 0 aliphatic rings. The van der Waals surface area contributed by atoms with E-state index < -0.39 is 0 Å². The molecule has 1 unspecified atom stereocenters. The highest BCUT2D eigenvalue weighted by atomic mass is 32.2. The third-order valence-corrected chi connectivity index (χ3v) is 3.94. The highest BCUT2D eigenvalue weighted by molar-refractivity contribution is 8.02. The second kappa shape index (κ2) is 7.50. The number of unbranched alkanes of at least 4 members (excludes halogenated alkanes) is 2. The smallest absolute Gasteiger partial charge is 0.319 e. The second-order valence-electron chi connectivity index (χ2n) is 3.54. The van der Waals surface area contributed by atoms with E-state index in [1.54, 1.807) is 6.92 Å². The Kier molecular flexibility index (Phi) is 6.28. The molecule has 0 aromatic carbocycles. The first-order valence-corrected chi connectivity index (χ1v) is 7.25. The predicted octanol–water partition coefficient (Wildman–Crippen LogP) is 2.33. The number of hydrogen-bond acceptors (Lipinski definition) is 7. The summed E-state index contributed by atoms with van der Waals surface area (Å²) in [6.07, 6.45) is 3.12. The molecule has 0 spiro atoms. The van der Waals surface area contributed by atoms with Crippen LogP contribution in [0.2, 0.25) is 0 Å². The first-order chi connectivity index (χ1) is 8.13. The molecule has 1 atom stereocenters. The fourth-order valence-electron chi connectivity index (χ4n) is 1.11. The van der Waals surface area contributed by atoms with Gasteiger partial charge in [-0.3, -0.25) is 4.79 Å². The standard InChI is InChI=1S/C10H17N3O2S2/c1-3-4-5-6-15-8(14)7(2)16-10-13-12-9(11)17-10/h7H,3-6H2,1-2H3,(H2,11,12). The zero-order valence-corrected chi connectivity index (χ0v) is 11.6. The Labute approximate surface area is 109 Å². The number of anilines is 1. The number of rotatable bonds is 7. The molecular weight excluding hydrogens is 258 g/mol. The molecule has 5 nitrogen and oxygen atoms in total. The lowest BCUT2D eigenvalue weighted by molar-refractivity contribution is -0.142. The molecule has 1 aromatic rings. The minimum absolute atomic E-state index is 0.208. The Balaban J connectivity index is 2.27. The first-order valence-electron chi connectivity index (χ1n) is 5.55. The van der Waals surface area contributed by atoms with E-state index >= 15 is 0 Å². The van der Waals surface area contributed by atoms with Gasteiger partial charge in [0, 0.05) is 0 Å². The second-order valence-corrected chi connectivity index (χ2v) is 6.14. The average Bonchev–Trinajstić information content (AvgIpc) is 2.70. The summed E-state index contributed by atoms with van der Waals surface area (Å²) in [5.74, 6) is -0.208. The quantitative estimate of drug-likeness (QED) is 0.467. The van der Waals surface area contributed by atoms with Gasteiger partial charge in [0.15, 0.2) is 4.34 Å². The normalized spacial score (nSPS) is 12.4. The van der Waals surface area contributed by atoms with Crippen molar-refractivity contribution in [3.05, 3.63) is 0 Å². The number of nitrogens with zero attached hydrogens (tertiary/aromatic N) is 2. The molecule has 96 valence electrons. The minimum Gasteiger partial charge on any atom is -0.465 e. The van der Waals surface area contributed by atoms with Crippen LogP contribution in [0.15, 0.2) is 4.34 Å². The molecule has 0 saturated heterocycles. The number of carbonyl (C=O) groups is 1. The molecule has 1 rings (SSSR count). The van der Waals surface area contributed by atoms with Gasteiger partial charge in [-0.15, -0.1) is 10.2 Å². The van der Waals surface area contributed by atoms with Gasteiger partial charge in [0.2, 0.25) is 5.13 Å². The van der Waals surface area contributed by atoms with Crippen LogP contribution in [0.1, 0.15) is 33.1 Å². The molecule has 1 heterocycles. The lowest BCUT2D eigenvalue weighted by Crippen LogP contribution is -2.17. The molecule has 17 heavy (non-hydrogen) atoms. The van der Waals surface area contributed by atoms with Crippen molar-refractivity contribution in [3.8, 4) is 0 Å². The van der Waals surface area contributed by atoms with Crippen LogP contribution >= 0.6 is 23.1 Å². The lowest BCUT2D eigenvalue weighted by Gasteiger charge is -2.08. The molecular formula is C10H17N3O2S2. The predicted molar refractivity (Wildman–Crippen MR) is 70.1 cm³/mol. The summed E-state index contributed by atoms with van der Waals surface area (Å²) in [4.78, 5) is 11.6. The summed E-state index contributed by atoms with van der Waals surface area (Å²) in [7, 11) is 0. The topological polar surface area (TPSA) is 78.1 Å². The van der Waals surface area contributed by atoms with Gasteiger partial charge in [0.05, 0.1) is 6.61 Å². The van der Waals surface area contributed by atoms with Gasteiger partial charge in [0.1, 0.15) is 5.25 Å². The maximum atomic E-state index is 11.6. The summed E-state index contributed by atoms with van der Waals surface area (Å²) in [6, 6.07) is 0. The number of esters is 1. The Morgan fingerprint density at radius 2 is 2.29 bits per heavy atom.